The van der Waals surface area contributed by atoms with Gasteiger partial charge in [0.1, 0.15) is 0 Å². The van der Waals surface area contributed by atoms with Crippen LogP contribution in [-0.4, -0.2) is 30.9 Å². The SMILES string of the molecule is C=CC(=O)OC(C=CCN=C=O)OC(=O)C=C. The van der Waals surface area contributed by atoms with Crippen LogP contribution in [0.3, 0.4) is 0 Å². The number of hydrogen-bond donors (Lipinski definition) is 0. The van der Waals surface area contributed by atoms with Crippen molar-refractivity contribution >= 4 is 18.0 Å². The molecule has 0 saturated heterocycles. The van der Waals surface area contributed by atoms with E-state index in [1.54, 1.807) is 0 Å². The van der Waals surface area contributed by atoms with Gasteiger partial charge in [0.15, 0.2) is 0 Å². The Morgan fingerprint density at radius 3 is 2.18 bits per heavy atom. The number of nitrogens with zero attached hydrogens (tertiary/aromatic N) is 1. The molecule has 0 aromatic rings. The van der Waals surface area contributed by atoms with E-state index >= 15 is 0 Å². The van der Waals surface area contributed by atoms with Gasteiger partial charge in [0.2, 0.25) is 6.08 Å². The minimum absolute atomic E-state index is 0.0390. The van der Waals surface area contributed by atoms with Crippen molar-refractivity contribution in [2.75, 3.05) is 6.54 Å². The third-order valence-corrected chi connectivity index (χ3v) is 1.35. The first-order valence-electron chi connectivity index (χ1n) is 4.50. The number of rotatable bonds is 7. The molecule has 0 aliphatic carbocycles. The molecule has 0 bridgehead atoms. The van der Waals surface area contributed by atoms with Gasteiger partial charge in [0.25, 0.3) is 6.29 Å². The summed E-state index contributed by atoms with van der Waals surface area (Å²) in [6, 6.07) is 0. The van der Waals surface area contributed by atoms with Crippen molar-refractivity contribution in [3.05, 3.63) is 37.5 Å². The van der Waals surface area contributed by atoms with E-state index in [1.807, 2.05) is 0 Å². The van der Waals surface area contributed by atoms with Crippen LogP contribution in [-0.2, 0) is 23.9 Å². The van der Waals surface area contributed by atoms with E-state index in [1.165, 1.54) is 18.2 Å². The van der Waals surface area contributed by atoms with Gasteiger partial charge in [-0.25, -0.2) is 19.4 Å². The zero-order chi connectivity index (χ0) is 13.1. The molecule has 0 amide bonds. The van der Waals surface area contributed by atoms with Crippen molar-refractivity contribution in [1.29, 1.82) is 0 Å². The van der Waals surface area contributed by atoms with Gasteiger partial charge < -0.3 is 9.47 Å². The Morgan fingerprint density at radius 2 is 1.76 bits per heavy atom. The zero-order valence-electron chi connectivity index (χ0n) is 9.00. The van der Waals surface area contributed by atoms with Crippen LogP contribution in [0.4, 0.5) is 0 Å². The van der Waals surface area contributed by atoms with Gasteiger partial charge in [-0.1, -0.05) is 19.2 Å². The Hall–Kier alpha value is -2.46. The molecular formula is C11H11NO5. The van der Waals surface area contributed by atoms with Gasteiger partial charge >= 0.3 is 11.9 Å². The number of aliphatic imine (C=N–C) groups is 1. The smallest absolute Gasteiger partial charge is 0.333 e. The number of esters is 2. The molecule has 6 heteroatoms. The molecule has 6 nitrogen and oxygen atoms in total. The second-order valence-electron chi connectivity index (χ2n) is 2.51. The molecule has 0 radical (unpaired) electrons. The standard InChI is InChI=1S/C11H11NO5/c1-3-9(14)16-11(17-10(15)4-2)6-5-7-12-8-13/h3-6,11H,1-2,7H2. The average molecular weight is 237 g/mol. The summed E-state index contributed by atoms with van der Waals surface area (Å²) in [6.07, 6.45) is 4.58. The summed E-state index contributed by atoms with van der Waals surface area (Å²) in [5.74, 6) is -1.51. The summed E-state index contributed by atoms with van der Waals surface area (Å²) in [4.78, 5) is 34.8. The van der Waals surface area contributed by atoms with Gasteiger partial charge in [0, 0.05) is 12.2 Å². The predicted octanol–water partition coefficient (Wildman–Crippen LogP) is 0.663. The van der Waals surface area contributed by atoms with Crippen LogP contribution < -0.4 is 0 Å². The highest BCUT2D eigenvalue weighted by atomic mass is 16.7. The molecule has 0 aliphatic heterocycles. The minimum atomic E-state index is -1.21. The van der Waals surface area contributed by atoms with Gasteiger partial charge in [-0.3, -0.25) is 0 Å². The average Bonchev–Trinajstić information content (AvgIpc) is 2.33. The molecule has 0 fully saturated rings. The summed E-state index contributed by atoms with van der Waals surface area (Å²) in [5, 5.41) is 0. The molecule has 17 heavy (non-hydrogen) atoms. The quantitative estimate of drug-likeness (QED) is 0.162. The monoisotopic (exact) mass is 237 g/mol. The van der Waals surface area contributed by atoms with Crippen LogP contribution in [0.25, 0.3) is 0 Å². The Labute approximate surface area is 97.9 Å². The molecular weight excluding hydrogens is 226 g/mol. The maximum atomic E-state index is 10.9. The van der Waals surface area contributed by atoms with E-state index in [9.17, 15) is 14.4 Å². The van der Waals surface area contributed by atoms with E-state index in [4.69, 9.17) is 0 Å². The third-order valence-electron chi connectivity index (χ3n) is 1.35. The van der Waals surface area contributed by atoms with Crippen LogP contribution >= 0.6 is 0 Å². The summed E-state index contributed by atoms with van der Waals surface area (Å²) in [5.41, 5.74) is 0. The molecule has 0 aliphatic rings. The Balaban J connectivity index is 4.47. The summed E-state index contributed by atoms with van der Waals surface area (Å²) >= 11 is 0. The number of carbonyl (C=O) groups excluding carboxylic acids is 3. The molecule has 0 heterocycles. The molecule has 0 aromatic heterocycles. The number of isocyanates is 1. The fourth-order valence-electron chi connectivity index (χ4n) is 0.690. The van der Waals surface area contributed by atoms with Crippen molar-refractivity contribution in [2.45, 2.75) is 6.29 Å². The largest absolute Gasteiger partial charge is 0.418 e. The van der Waals surface area contributed by atoms with Crippen molar-refractivity contribution in [2.24, 2.45) is 4.99 Å². The van der Waals surface area contributed by atoms with E-state index in [2.05, 4.69) is 27.6 Å². The fraction of sp³-hybridized carbons (Fsp3) is 0.182. The normalized spacial score (nSPS) is 9.47. The van der Waals surface area contributed by atoms with E-state index in [-0.39, 0.29) is 6.54 Å². The lowest BCUT2D eigenvalue weighted by Gasteiger charge is -2.12. The second-order valence-corrected chi connectivity index (χ2v) is 2.51. The van der Waals surface area contributed by atoms with Crippen molar-refractivity contribution in [1.82, 2.24) is 0 Å². The molecule has 0 saturated carbocycles. The van der Waals surface area contributed by atoms with Gasteiger partial charge in [-0.05, 0) is 6.08 Å². The molecule has 0 atom stereocenters. The molecule has 90 valence electrons. The Kier molecular flexibility index (Phi) is 7.54. The highest BCUT2D eigenvalue weighted by molar-refractivity contribution is 5.83. The van der Waals surface area contributed by atoms with Crippen LogP contribution in [0.1, 0.15) is 0 Å². The first-order chi connectivity index (χ1) is 8.13. The van der Waals surface area contributed by atoms with Gasteiger partial charge in [-0.2, -0.15) is 0 Å². The molecule has 0 unspecified atom stereocenters. The first-order valence-corrected chi connectivity index (χ1v) is 4.50. The molecule has 0 rings (SSSR count). The van der Waals surface area contributed by atoms with Crippen LogP contribution in [0.2, 0.25) is 0 Å². The lowest BCUT2D eigenvalue weighted by atomic mass is 10.4. The van der Waals surface area contributed by atoms with E-state index in [0.29, 0.717) is 0 Å². The Bertz CT molecular complexity index is 357. The van der Waals surface area contributed by atoms with Crippen molar-refractivity contribution < 1.29 is 23.9 Å². The Morgan fingerprint density at radius 1 is 1.24 bits per heavy atom. The van der Waals surface area contributed by atoms with Crippen LogP contribution in [0.5, 0.6) is 0 Å². The second kappa shape index (κ2) is 8.82. The highest BCUT2D eigenvalue weighted by Crippen LogP contribution is 2.00. The van der Waals surface area contributed by atoms with Crippen molar-refractivity contribution in [3.8, 4) is 0 Å². The topological polar surface area (TPSA) is 82.0 Å². The minimum Gasteiger partial charge on any atom is -0.418 e. The zero-order valence-corrected chi connectivity index (χ0v) is 9.00. The highest BCUT2D eigenvalue weighted by Gasteiger charge is 2.12. The number of carbonyl (C=O) groups is 2. The maximum Gasteiger partial charge on any atom is 0.333 e. The lowest BCUT2D eigenvalue weighted by Crippen LogP contribution is -2.21. The number of hydrogen-bond acceptors (Lipinski definition) is 6. The third kappa shape index (κ3) is 7.47. The molecule has 0 N–H and O–H groups in total. The van der Waals surface area contributed by atoms with Gasteiger partial charge in [-0.15, -0.1) is 0 Å². The molecule has 0 spiro atoms. The maximum absolute atomic E-state index is 10.9. The number of ether oxygens (including phenoxy) is 2. The lowest BCUT2D eigenvalue weighted by molar-refractivity contribution is -0.172. The summed E-state index contributed by atoms with van der Waals surface area (Å²) in [6.45, 7) is 6.43. The predicted molar refractivity (Wildman–Crippen MR) is 58.5 cm³/mol. The van der Waals surface area contributed by atoms with E-state index in [0.717, 1.165) is 12.2 Å². The van der Waals surface area contributed by atoms with Crippen LogP contribution in [0.15, 0.2) is 42.5 Å². The van der Waals surface area contributed by atoms with Crippen molar-refractivity contribution in [3.63, 3.8) is 0 Å². The van der Waals surface area contributed by atoms with E-state index < -0.39 is 18.2 Å². The fourth-order valence-corrected chi connectivity index (χ4v) is 0.690. The summed E-state index contributed by atoms with van der Waals surface area (Å²) in [7, 11) is 0. The van der Waals surface area contributed by atoms with Crippen LogP contribution in [0, 0.1) is 0 Å². The summed E-state index contributed by atoms with van der Waals surface area (Å²) < 4.78 is 9.36. The molecule has 0 aromatic carbocycles. The first kappa shape index (κ1) is 14.5. The van der Waals surface area contributed by atoms with Gasteiger partial charge in [0.05, 0.1) is 6.54 Å².